The molecule has 0 aliphatic heterocycles. The molecule has 0 radical (unpaired) electrons. The Hall–Kier alpha value is -2.85. The third-order valence-electron chi connectivity index (χ3n) is 4.19. The molecule has 134 valence electrons. The summed E-state index contributed by atoms with van der Waals surface area (Å²) >= 11 is 0. The minimum Gasteiger partial charge on any atom is -0.491 e. The van der Waals surface area contributed by atoms with Crippen molar-refractivity contribution < 1.29 is 14.6 Å². The Morgan fingerprint density at radius 1 is 1.00 bits per heavy atom. The van der Waals surface area contributed by atoms with Gasteiger partial charge >= 0.3 is 5.97 Å². The van der Waals surface area contributed by atoms with Crippen molar-refractivity contribution in [2.45, 2.75) is 33.0 Å². The van der Waals surface area contributed by atoms with Crippen LogP contribution in [0, 0.1) is 0 Å². The number of fused-ring (bicyclic) bond motifs is 1. The lowest BCUT2D eigenvalue weighted by molar-refractivity contribution is 0.0697. The summed E-state index contributed by atoms with van der Waals surface area (Å²) in [5.74, 6) is -0.0110. The van der Waals surface area contributed by atoms with Crippen molar-refractivity contribution in [2.75, 3.05) is 0 Å². The summed E-state index contributed by atoms with van der Waals surface area (Å²) in [7, 11) is 0. The van der Waals surface area contributed by atoms with Crippen LogP contribution < -0.4 is 10.1 Å². The van der Waals surface area contributed by atoms with E-state index in [0.29, 0.717) is 18.7 Å². The highest BCUT2D eigenvalue weighted by Crippen LogP contribution is 2.29. The SMILES string of the molecule is CC(C)Oc1ccc2ccccc2c1CNCc1ccc(C(=O)O)cc1. The van der Waals surface area contributed by atoms with Gasteiger partial charge in [0.15, 0.2) is 0 Å². The fourth-order valence-corrected chi connectivity index (χ4v) is 2.96. The number of hydrogen-bond acceptors (Lipinski definition) is 3. The molecule has 0 spiro atoms. The third-order valence-corrected chi connectivity index (χ3v) is 4.19. The maximum atomic E-state index is 10.9. The number of aromatic carboxylic acids is 1. The van der Waals surface area contributed by atoms with Gasteiger partial charge in [-0.25, -0.2) is 4.79 Å². The van der Waals surface area contributed by atoms with Crippen molar-refractivity contribution in [1.29, 1.82) is 0 Å². The number of carboxylic acid groups (broad SMARTS) is 1. The van der Waals surface area contributed by atoms with Crippen LogP contribution in [0.5, 0.6) is 5.75 Å². The van der Waals surface area contributed by atoms with Crippen LogP contribution >= 0.6 is 0 Å². The first-order valence-electron chi connectivity index (χ1n) is 8.75. The lowest BCUT2D eigenvalue weighted by atomic mass is 10.0. The van der Waals surface area contributed by atoms with Gasteiger partial charge < -0.3 is 15.2 Å². The molecule has 0 fully saturated rings. The van der Waals surface area contributed by atoms with Crippen molar-refractivity contribution in [3.63, 3.8) is 0 Å². The topological polar surface area (TPSA) is 58.6 Å². The maximum Gasteiger partial charge on any atom is 0.335 e. The predicted molar refractivity (Wildman–Crippen MR) is 104 cm³/mol. The van der Waals surface area contributed by atoms with Gasteiger partial charge in [0.2, 0.25) is 0 Å². The summed E-state index contributed by atoms with van der Waals surface area (Å²) in [4.78, 5) is 10.9. The second-order valence-corrected chi connectivity index (χ2v) is 6.54. The first-order valence-corrected chi connectivity index (χ1v) is 8.75. The van der Waals surface area contributed by atoms with Gasteiger partial charge in [-0.15, -0.1) is 0 Å². The number of nitrogens with one attached hydrogen (secondary N) is 1. The first kappa shape index (κ1) is 18.0. The zero-order valence-electron chi connectivity index (χ0n) is 15.0. The van der Waals surface area contributed by atoms with E-state index < -0.39 is 5.97 Å². The molecule has 3 rings (SSSR count). The second-order valence-electron chi connectivity index (χ2n) is 6.54. The zero-order chi connectivity index (χ0) is 18.5. The lowest BCUT2D eigenvalue weighted by Crippen LogP contribution is -2.15. The quantitative estimate of drug-likeness (QED) is 0.654. The Bertz CT molecular complexity index is 901. The molecule has 0 saturated carbocycles. The highest BCUT2D eigenvalue weighted by Gasteiger charge is 2.10. The molecule has 4 heteroatoms. The van der Waals surface area contributed by atoms with E-state index in [1.807, 2.05) is 44.2 Å². The van der Waals surface area contributed by atoms with Crippen molar-refractivity contribution in [2.24, 2.45) is 0 Å². The van der Waals surface area contributed by atoms with Crippen LogP contribution in [0.4, 0.5) is 0 Å². The summed E-state index contributed by atoms with van der Waals surface area (Å²) in [5.41, 5.74) is 2.48. The fourth-order valence-electron chi connectivity index (χ4n) is 2.96. The Kier molecular flexibility index (Phi) is 5.54. The summed E-state index contributed by atoms with van der Waals surface area (Å²) in [6.45, 7) is 5.38. The molecule has 2 N–H and O–H groups in total. The minimum absolute atomic E-state index is 0.110. The van der Waals surface area contributed by atoms with E-state index >= 15 is 0 Å². The summed E-state index contributed by atoms with van der Waals surface area (Å²) in [6.07, 6.45) is 0.110. The van der Waals surface area contributed by atoms with Crippen LogP contribution in [0.1, 0.15) is 35.3 Å². The van der Waals surface area contributed by atoms with Crippen LogP contribution in [0.15, 0.2) is 60.7 Å². The monoisotopic (exact) mass is 349 g/mol. The first-order chi connectivity index (χ1) is 12.5. The average molecular weight is 349 g/mol. The molecule has 0 saturated heterocycles. The third kappa shape index (κ3) is 4.21. The molecule has 0 aliphatic rings. The second kappa shape index (κ2) is 8.02. The average Bonchev–Trinajstić information content (AvgIpc) is 2.63. The molecule has 0 aliphatic carbocycles. The largest absolute Gasteiger partial charge is 0.491 e. The Balaban J connectivity index is 1.77. The molecule has 3 aromatic carbocycles. The molecule has 0 unspecified atom stereocenters. The molecule has 0 bridgehead atoms. The number of hydrogen-bond donors (Lipinski definition) is 2. The summed E-state index contributed by atoms with van der Waals surface area (Å²) in [5, 5.41) is 14.8. The van der Waals surface area contributed by atoms with Crippen LogP contribution in [0.3, 0.4) is 0 Å². The van der Waals surface area contributed by atoms with Crippen LogP contribution in [-0.4, -0.2) is 17.2 Å². The molecular weight excluding hydrogens is 326 g/mol. The standard InChI is InChI=1S/C22H23NO3/c1-15(2)26-21-12-11-17-5-3-4-6-19(17)20(21)14-23-13-16-7-9-18(10-8-16)22(24)25/h3-12,15,23H,13-14H2,1-2H3,(H,24,25). The van der Waals surface area contributed by atoms with Gasteiger partial charge in [0.1, 0.15) is 5.75 Å². The van der Waals surface area contributed by atoms with Gasteiger partial charge in [0, 0.05) is 18.7 Å². The molecular formula is C22H23NO3. The molecule has 26 heavy (non-hydrogen) atoms. The molecule has 4 nitrogen and oxygen atoms in total. The van der Waals surface area contributed by atoms with Gasteiger partial charge in [-0.1, -0.05) is 42.5 Å². The lowest BCUT2D eigenvalue weighted by Gasteiger charge is -2.17. The number of carbonyl (C=O) groups is 1. The highest BCUT2D eigenvalue weighted by molar-refractivity contribution is 5.88. The zero-order valence-corrected chi connectivity index (χ0v) is 15.0. The smallest absolute Gasteiger partial charge is 0.335 e. The van der Waals surface area contributed by atoms with E-state index in [9.17, 15) is 4.79 Å². The number of ether oxygens (including phenoxy) is 1. The van der Waals surface area contributed by atoms with Crippen molar-refractivity contribution in [1.82, 2.24) is 5.32 Å². The summed E-state index contributed by atoms with van der Waals surface area (Å²) < 4.78 is 5.99. The highest BCUT2D eigenvalue weighted by atomic mass is 16.5. The maximum absolute atomic E-state index is 10.9. The minimum atomic E-state index is -0.907. The Morgan fingerprint density at radius 3 is 2.42 bits per heavy atom. The van der Waals surface area contributed by atoms with E-state index in [0.717, 1.165) is 16.9 Å². The predicted octanol–water partition coefficient (Wildman–Crippen LogP) is 4.62. The van der Waals surface area contributed by atoms with E-state index in [1.165, 1.54) is 10.8 Å². The van der Waals surface area contributed by atoms with Gasteiger partial charge in [0.25, 0.3) is 0 Å². The van der Waals surface area contributed by atoms with E-state index in [1.54, 1.807) is 12.1 Å². The van der Waals surface area contributed by atoms with Crippen molar-refractivity contribution >= 4 is 16.7 Å². The van der Waals surface area contributed by atoms with Gasteiger partial charge in [-0.2, -0.15) is 0 Å². The van der Waals surface area contributed by atoms with Gasteiger partial charge in [-0.05, 0) is 48.4 Å². The Labute approximate surface area is 153 Å². The normalized spacial score (nSPS) is 11.0. The van der Waals surface area contributed by atoms with Gasteiger partial charge in [0.05, 0.1) is 11.7 Å². The molecule has 0 atom stereocenters. The van der Waals surface area contributed by atoms with E-state index in [4.69, 9.17) is 9.84 Å². The van der Waals surface area contributed by atoms with Crippen LogP contribution in [-0.2, 0) is 13.1 Å². The number of rotatable bonds is 7. The molecule has 0 aromatic heterocycles. The molecule has 3 aromatic rings. The molecule has 0 amide bonds. The van der Waals surface area contributed by atoms with Gasteiger partial charge in [-0.3, -0.25) is 0 Å². The van der Waals surface area contributed by atoms with Crippen molar-refractivity contribution in [3.05, 3.63) is 77.4 Å². The number of benzene rings is 3. The Morgan fingerprint density at radius 2 is 1.73 bits per heavy atom. The van der Waals surface area contributed by atoms with Crippen LogP contribution in [0.2, 0.25) is 0 Å². The van der Waals surface area contributed by atoms with E-state index in [-0.39, 0.29) is 6.10 Å². The van der Waals surface area contributed by atoms with E-state index in [2.05, 4.69) is 23.5 Å². The molecule has 0 heterocycles. The fraction of sp³-hybridized carbons (Fsp3) is 0.227. The summed E-state index contributed by atoms with van der Waals surface area (Å²) in [6, 6.07) is 19.3. The van der Waals surface area contributed by atoms with Crippen molar-refractivity contribution in [3.8, 4) is 5.75 Å². The number of carboxylic acids is 1. The van der Waals surface area contributed by atoms with Crippen LogP contribution in [0.25, 0.3) is 10.8 Å².